The Labute approximate surface area is 239 Å². The van der Waals surface area contributed by atoms with Crippen LogP contribution < -0.4 is 20.7 Å². The van der Waals surface area contributed by atoms with Crippen LogP contribution in [0.3, 0.4) is 0 Å². The molecule has 1 amide bonds. The molecule has 41 heavy (non-hydrogen) atoms. The molecule has 3 aromatic carbocycles. The summed E-state index contributed by atoms with van der Waals surface area (Å²) in [5.41, 5.74) is 9.58. The standard InChI is InChI=1S/C31H34N6O4/c1-36-13-15-37(16-14-36)28-26-10-9-23(19-27(26)34-31(32)35-28)29(38)33-12-11-21-5-4-8-25(18-21)41-20-22-6-3-7-24(17-22)30(39)40-2/h3-10,17-19H,11-16,20H2,1-2H3,(H,33,38)(H2,32,34,35). The summed E-state index contributed by atoms with van der Waals surface area (Å²) in [7, 11) is 3.46. The van der Waals surface area contributed by atoms with E-state index in [1.807, 2.05) is 36.4 Å². The third-order valence-corrected chi connectivity index (χ3v) is 7.11. The molecule has 4 aromatic rings. The Morgan fingerprint density at radius 1 is 0.927 bits per heavy atom. The number of anilines is 2. The Morgan fingerprint density at radius 3 is 2.51 bits per heavy atom. The van der Waals surface area contributed by atoms with Gasteiger partial charge in [-0.05, 0) is 67.1 Å². The van der Waals surface area contributed by atoms with Crippen molar-refractivity contribution in [3.05, 3.63) is 89.0 Å². The van der Waals surface area contributed by atoms with E-state index >= 15 is 0 Å². The predicted octanol–water partition coefficient (Wildman–Crippen LogP) is 3.30. The molecule has 0 unspecified atom stereocenters. The highest BCUT2D eigenvalue weighted by atomic mass is 16.5. The van der Waals surface area contributed by atoms with Crippen molar-refractivity contribution in [2.75, 3.05) is 57.5 Å². The zero-order chi connectivity index (χ0) is 28.8. The van der Waals surface area contributed by atoms with Crippen molar-refractivity contribution >= 4 is 34.5 Å². The minimum absolute atomic E-state index is 0.178. The zero-order valence-electron chi connectivity index (χ0n) is 23.3. The van der Waals surface area contributed by atoms with Crippen LogP contribution in [0.5, 0.6) is 5.75 Å². The van der Waals surface area contributed by atoms with E-state index < -0.39 is 0 Å². The number of nitrogens with zero attached hydrogens (tertiary/aromatic N) is 4. The van der Waals surface area contributed by atoms with Gasteiger partial charge in [0.2, 0.25) is 5.95 Å². The molecule has 0 radical (unpaired) electrons. The van der Waals surface area contributed by atoms with Gasteiger partial charge in [-0.3, -0.25) is 4.79 Å². The lowest BCUT2D eigenvalue weighted by atomic mass is 10.1. The SMILES string of the molecule is COC(=O)c1cccc(COc2cccc(CCNC(=O)c3ccc4c(N5CCN(C)CC5)nc(N)nc4c3)c2)c1. The van der Waals surface area contributed by atoms with Crippen LogP contribution in [-0.2, 0) is 17.8 Å². The van der Waals surface area contributed by atoms with Crippen molar-refractivity contribution in [3.8, 4) is 5.75 Å². The third-order valence-electron chi connectivity index (χ3n) is 7.11. The van der Waals surface area contributed by atoms with E-state index in [0.29, 0.717) is 42.0 Å². The maximum atomic E-state index is 13.0. The second-order valence-electron chi connectivity index (χ2n) is 10.1. The number of nitrogens with one attached hydrogen (secondary N) is 1. The minimum atomic E-state index is -0.382. The highest BCUT2D eigenvalue weighted by Gasteiger charge is 2.19. The topological polar surface area (TPSA) is 123 Å². The normalized spacial score (nSPS) is 13.7. The number of fused-ring (bicyclic) bond motifs is 1. The number of likely N-dealkylation sites (N-methyl/N-ethyl adjacent to an activating group) is 1. The third kappa shape index (κ3) is 6.90. The van der Waals surface area contributed by atoms with Gasteiger partial charge in [-0.1, -0.05) is 24.3 Å². The summed E-state index contributed by atoms with van der Waals surface area (Å²) in [5, 5.41) is 3.88. The van der Waals surface area contributed by atoms with Crippen LogP contribution in [0.2, 0.25) is 0 Å². The molecular formula is C31H34N6O4. The van der Waals surface area contributed by atoms with Gasteiger partial charge in [0.15, 0.2) is 0 Å². The minimum Gasteiger partial charge on any atom is -0.489 e. The molecule has 1 aliphatic heterocycles. The molecule has 1 fully saturated rings. The fraction of sp³-hybridized carbons (Fsp3) is 0.290. The molecule has 1 aliphatic rings. The van der Waals surface area contributed by atoms with E-state index in [1.165, 1.54) is 7.11 Å². The largest absolute Gasteiger partial charge is 0.489 e. The number of carbonyl (C=O) groups excluding carboxylic acids is 2. The Kier molecular flexibility index (Phi) is 8.59. The van der Waals surface area contributed by atoms with E-state index in [9.17, 15) is 9.59 Å². The molecule has 0 atom stereocenters. The van der Waals surface area contributed by atoms with Crippen LogP contribution in [-0.4, -0.2) is 73.6 Å². The number of hydrogen-bond acceptors (Lipinski definition) is 9. The molecule has 3 N–H and O–H groups in total. The van der Waals surface area contributed by atoms with Gasteiger partial charge in [0.1, 0.15) is 18.2 Å². The van der Waals surface area contributed by atoms with E-state index in [0.717, 1.165) is 48.5 Å². The van der Waals surface area contributed by atoms with Crippen LogP contribution in [0.25, 0.3) is 10.9 Å². The maximum absolute atomic E-state index is 13.0. The Hall–Kier alpha value is -4.70. The molecule has 10 nitrogen and oxygen atoms in total. The molecule has 0 spiro atoms. The van der Waals surface area contributed by atoms with E-state index in [4.69, 9.17) is 15.2 Å². The first-order valence-electron chi connectivity index (χ1n) is 13.6. The number of ether oxygens (including phenoxy) is 2. The van der Waals surface area contributed by atoms with Gasteiger partial charge >= 0.3 is 5.97 Å². The molecule has 1 saturated heterocycles. The van der Waals surface area contributed by atoms with Crippen molar-refractivity contribution < 1.29 is 19.1 Å². The van der Waals surface area contributed by atoms with Crippen LogP contribution in [0.15, 0.2) is 66.7 Å². The quantitative estimate of drug-likeness (QED) is 0.300. The predicted molar refractivity (Wildman–Crippen MR) is 158 cm³/mol. The first-order valence-corrected chi connectivity index (χ1v) is 13.6. The monoisotopic (exact) mass is 554 g/mol. The zero-order valence-corrected chi connectivity index (χ0v) is 23.3. The van der Waals surface area contributed by atoms with Gasteiger partial charge in [-0.25, -0.2) is 9.78 Å². The number of carbonyl (C=O) groups is 2. The van der Waals surface area contributed by atoms with Crippen LogP contribution in [0.4, 0.5) is 11.8 Å². The molecule has 1 aromatic heterocycles. The summed E-state index contributed by atoms with van der Waals surface area (Å²) < 4.78 is 10.7. The lowest BCUT2D eigenvalue weighted by Crippen LogP contribution is -2.45. The van der Waals surface area contributed by atoms with Crippen LogP contribution in [0.1, 0.15) is 31.8 Å². The van der Waals surface area contributed by atoms with E-state index in [1.54, 1.807) is 30.3 Å². The summed E-state index contributed by atoms with van der Waals surface area (Å²) in [6, 6.07) is 20.4. The van der Waals surface area contributed by atoms with Gasteiger partial charge in [-0.2, -0.15) is 4.98 Å². The molecule has 0 bridgehead atoms. The number of methoxy groups -OCH3 is 1. The molecule has 0 saturated carbocycles. The first-order chi connectivity index (χ1) is 19.9. The molecule has 2 heterocycles. The lowest BCUT2D eigenvalue weighted by molar-refractivity contribution is 0.0600. The number of esters is 1. The van der Waals surface area contributed by atoms with Gasteiger partial charge in [0.05, 0.1) is 18.2 Å². The maximum Gasteiger partial charge on any atom is 0.337 e. The summed E-state index contributed by atoms with van der Waals surface area (Å²) >= 11 is 0. The molecule has 5 rings (SSSR count). The summed E-state index contributed by atoms with van der Waals surface area (Å²) in [4.78, 5) is 38.1. The Bertz CT molecular complexity index is 1550. The highest BCUT2D eigenvalue weighted by Crippen LogP contribution is 2.26. The lowest BCUT2D eigenvalue weighted by Gasteiger charge is -2.33. The number of benzene rings is 3. The van der Waals surface area contributed by atoms with Crippen molar-refractivity contribution in [3.63, 3.8) is 0 Å². The van der Waals surface area contributed by atoms with Crippen molar-refractivity contribution in [1.29, 1.82) is 0 Å². The summed E-state index contributed by atoms with van der Waals surface area (Å²) in [5.74, 6) is 1.16. The van der Waals surface area contributed by atoms with Gasteiger partial charge in [0, 0.05) is 43.7 Å². The van der Waals surface area contributed by atoms with Gasteiger partial charge in [0.25, 0.3) is 5.91 Å². The second kappa shape index (κ2) is 12.6. The number of rotatable bonds is 9. The molecular weight excluding hydrogens is 520 g/mol. The van der Waals surface area contributed by atoms with Crippen LogP contribution >= 0.6 is 0 Å². The molecule has 10 heteroatoms. The van der Waals surface area contributed by atoms with Crippen LogP contribution in [0, 0.1) is 0 Å². The fourth-order valence-corrected chi connectivity index (χ4v) is 4.82. The van der Waals surface area contributed by atoms with Crippen molar-refractivity contribution in [2.45, 2.75) is 13.0 Å². The second-order valence-corrected chi connectivity index (χ2v) is 10.1. The summed E-state index contributed by atoms with van der Waals surface area (Å²) in [6.07, 6.45) is 0.636. The average Bonchev–Trinajstić information content (AvgIpc) is 2.99. The number of aromatic nitrogens is 2. The van der Waals surface area contributed by atoms with Crippen molar-refractivity contribution in [2.24, 2.45) is 0 Å². The van der Waals surface area contributed by atoms with Gasteiger partial charge in [-0.15, -0.1) is 0 Å². The van der Waals surface area contributed by atoms with Crippen molar-refractivity contribution in [1.82, 2.24) is 20.2 Å². The average molecular weight is 555 g/mol. The number of piperazine rings is 1. The van der Waals surface area contributed by atoms with E-state index in [-0.39, 0.29) is 17.8 Å². The Balaban J connectivity index is 1.18. The molecule has 212 valence electrons. The smallest absolute Gasteiger partial charge is 0.337 e. The Morgan fingerprint density at radius 2 is 1.71 bits per heavy atom. The number of nitrogens with two attached hydrogens (primary N) is 1. The number of nitrogen functional groups attached to an aromatic ring is 1. The van der Waals surface area contributed by atoms with Gasteiger partial charge < -0.3 is 30.3 Å². The number of hydrogen-bond donors (Lipinski definition) is 2. The molecule has 0 aliphatic carbocycles. The van der Waals surface area contributed by atoms with E-state index in [2.05, 4.69) is 32.1 Å². The fourth-order valence-electron chi connectivity index (χ4n) is 4.82. The highest BCUT2D eigenvalue weighted by molar-refractivity contribution is 6.00. The first kappa shape index (κ1) is 27.9. The number of amides is 1. The summed E-state index contributed by atoms with van der Waals surface area (Å²) in [6.45, 7) is 4.40.